The molecule has 0 aliphatic carbocycles. The molecule has 6 nitrogen and oxygen atoms in total. The third-order valence-electron chi connectivity index (χ3n) is 3.65. The average Bonchev–Trinajstić information content (AvgIpc) is 2.60. The molecule has 0 spiro atoms. The molecule has 0 saturated carbocycles. The molecule has 1 amide bonds. The van der Waals surface area contributed by atoms with E-state index < -0.39 is 10.8 Å². The van der Waals surface area contributed by atoms with Crippen molar-refractivity contribution < 1.29 is 14.5 Å². The zero-order valence-corrected chi connectivity index (χ0v) is 12.9. The zero-order valence-electron chi connectivity index (χ0n) is 12.9. The number of nitrogens with one attached hydrogen (secondary N) is 1. The van der Waals surface area contributed by atoms with E-state index in [0.29, 0.717) is 11.4 Å². The standard InChI is InChI=1S/C18H14N2O4/c1-24-15-8-9-17(20(22)23)16(11-15)18(21)19-14-7-6-12-4-2-3-5-13(12)10-14/h2-11H,1H3,(H,19,21). The third kappa shape index (κ3) is 3.03. The number of carbonyl (C=O) groups excluding carboxylic acids is 1. The summed E-state index contributed by atoms with van der Waals surface area (Å²) in [5.74, 6) is -0.180. The summed E-state index contributed by atoms with van der Waals surface area (Å²) in [6, 6.07) is 17.2. The second-order valence-corrected chi connectivity index (χ2v) is 5.16. The van der Waals surface area contributed by atoms with E-state index in [0.717, 1.165) is 10.8 Å². The number of nitro groups is 1. The highest BCUT2D eigenvalue weighted by Gasteiger charge is 2.21. The largest absolute Gasteiger partial charge is 0.497 e. The molecule has 0 aromatic heterocycles. The molecule has 3 rings (SSSR count). The fourth-order valence-corrected chi connectivity index (χ4v) is 2.45. The van der Waals surface area contributed by atoms with Crippen LogP contribution in [0.15, 0.2) is 60.7 Å². The van der Waals surface area contributed by atoms with Crippen LogP contribution < -0.4 is 10.1 Å². The molecule has 0 saturated heterocycles. The number of carbonyl (C=O) groups is 1. The van der Waals surface area contributed by atoms with Gasteiger partial charge in [0.05, 0.1) is 12.0 Å². The van der Waals surface area contributed by atoms with Crippen molar-refractivity contribution in [1.29, 1.82) is 0 Å². The van der Waals surface area contributed by atoms with Gasteiger partial charge in [-0.3, -0.25) is 14.9 Å². The highest BCUT2D eigenvalue weighted by molar-refractivity contribution is 6.08. The third-order valence-corrected chi connectivity index (χ3v) is 3.65. The molecule has 3 aromatic carbocycles. The van der Waals surface area contributed by atoms with Crippen LogP contribution in [-0.4, -0.2) is 17.9 Å². The van der Waals surface area contributed by atoms with Crippen molar-refractivity contribution >= 4 is 28.1 Å². The van der Waals surface area contributed by atoms with Gasteiger partial charge in [-0.2, -0.15) is 0 Å². The van der Waals surface area contributed by atoms with Gasteiger partial charge >= 0.3 is 0 Å². The van der Waals surface area contributed by atoms with Gasteiger partial charge in [-0.25, -0.2) is 0 Å². The highest BCUT2D eigenvalue weighted by atomic mass is 16.6. The first-order chi connectivity index (χ1) is 11.6. The molecule has 0 atom stereocenters. The maximum atomic E-state index is 12.5. The van der Waals surface area contributed by atoms with Crippen molar-refractivity contribution in [1.82, 2.24) is 0 Å². The van der Waals surface area contributed by atoms with Gasteiger partial charge in [0.1, 0.15) is 11.3 Å². The van der Waals surface area contributed by atoms with E-state index >= 15 is 0 Å². The van der Waals surface area contributed by atoms with Crippen LogP contribution >= 0.6 is 0 Å². The first-order valence-electron chi connectivity index (χ1n) is 7.21. The summed E-state index contributed by atoms with van der Waals surface area (Å²) in [6.45, 7) is 0. The predicted octanol–water partition coefficient (Wildman–Crippen LogP) is 4.01. The summed E-state index contributed by atoms with van der Waals surface area (Å²) < 4.78 is 5.05. The van der Waals surface area contributed by atoms with E-state index in [1.165, 1.54) is 25.3 Å². The highest BCUT2D eigenvalue weighted by Crippen LogP contribution is 2.26. The number of nitrogens with zero attached hydrogens (tertiary/aromatic N) is 1. The lowest BCUT2D eigenvalue weighted by atomic mass is 10.1. The number of ether oxygens (including phenoxy) is 1. The van der Waals surface area contributed by atoms with Gasteiger partial charge < -0.3 is 10.1 Å². The Morgan fingerprint density at radius 2 is 1.79 bits per heavy atom. The summed E-state index contributed by atoms with van der Waals surface area (Å²) in [7, 11) is 1.44. The van der Waals surface area contributed by atoms with Crippen LogP contribution in [0.3, 0.4) is 0 Å². The molecule has 0 aliphatic heterocycles. The van der Waals surface area contributed by atoms with Crippen molar-refractivity contribution in [2.24, 2.45) is 0 Å². The maximum absolute atomic E-state index is 12.5. The molecular formula is C18H14N2O4. The molecule has 0 radical (unpaired) electrons. The number of methoxy groups -OCH3 is 1. The molecule has 120 valence electrons. The Morgan fingerprint density at radius 1 is 1.04 bits per heavy atom. The number of amides is 1. The normalized spacial score (nSPS) is 10.4. The average molecular weight is 322 g/mol. The number of nitro benzene ring substituents is 1. The molecule has 0 bridgehead atoms. The molecule has 3 aromatic rings. The second-order valence-electron chi connectivity index (χ2n) is 5.16. The quantitative estimate of drug-likeness (QED) is 0.581. The predicted molar refractivity (Wildman–Crippen MR) is 91.5 cm³/mol. The number of hydrogen-bond acceptors (Lipinski definition) is 4. The zero-order chi connectivity index (χ0) is 17.1. The van der Waals surface area contributed by atoms with E-state index in [1.807, 2.05) is 36.4 Å². The Hall–Kier alpha value is -3.41. The minimum absolute atomic E-state index is 0.0486. The minimum Gasteiger partial charge on any atom is -0.497 e. The number of hydrogen-bond donors (Lipinski definition) is 1. The van der Waals surface area contributed by atoms with Gasteiger partial charge in [-0.05, 0) is 35.0 Å². The lowest BCUT2D eigenvalue weighted by molar-refractivity contribution is -0.385. The van der Waals surface area contributed by atoms with Crippen molar-refractivity contribution in [2.75, 3.05) is 12.4 Å². The summed E-state index contributed by atoms with van der Waals surface area (Å²) in [5, 5.41) is 15.8. The van der Waals surface area contributed by atoms with E-state index in [9.17, 15) is 14.9 Å². The first-order valence-corrected chi connectivity index (χ1v) is 7.21. The van der Waals surface area contributed by atoms with Crippen LogP contribution in [0.25, 0.3) is 10.8 Å². The van der Waals surface area contributed by atoms with Gasteiger partial charge in [0, 0.05) is 11.8 Å². The Morgan fingerprint density at radius 3 is 2.50 bits per heavy atom. The van der Waals surface area contributed by atoms with Crippen molar-refractivity contribution in [3.63, 3.8) is 0 Å². The lowest BCUT2D eigenvalue weighted by Gasteiger charge is -2.08. The molecular weight excluding hydrogens is 308 g/mol. The van der Waals surface area contributed by atoms with E-state index in [1.54, 1.807) is 6.07 Å². The van der Waals surface area contributed by atoms with Gasteiger partial charge in [0.15, 0.2) is 0 Å². The molecule has 0 heterocycles. The SMILES string of the molecule is COc1ccc([N+](=O)[O-])c(C(=O)Nc2ccc3ccccc3c2)c1. The van der Waals surface area contributed by atoms with Gasteiger partial charge in [0.25, 0.3) is 11.6 Å². The van der Waals surface area contributed by atoms with Crippen LogP contribution in [-0.2, 0) is 0 Å². The number of benzene rings is 3. The Balaban J connectivity index is 1.94. The van der Waals surface area contributed by atoms with Gasteiger partial charge in [-0.15, -0.1) is 0 Å². The second kappa shape index (κ2) is 6.37. The lowest BCUT2D eigenvalue weighted by Crippen LogP contribution is -2.14. The summed E-state index contributed by atoms with van der Waals surface area (Å²) in [4.78, 5) is 23.0. The van der Waals surface area contributed by atoms with E-state index in [-0.39, 0.29) is 11.3 Å². The van der Waals surface area contributed by atoms with Crippen LogP contribution in [0, 0.1) is 10.1 Å². The fourth-order valence-electron chi connectivity index (χ4n) is 2.45. The molecule has 6 heteroatoms. The topological polar surface area (TPSA) is 81.5 Å². The Bertz CT molecular complexity index is 937. The Kier molecular flexibility index (Phi) is 4.11. The molecule has 0 unspecified atom stereocenters. The van der Waals surface area contributed by atoms with Crippen molar-refractivity contribution in [3.8, 4) is 5.75 Å². The maximum Gasteiger partial charge on any atom is 0.282 e. The van der Waals surface area contributed by atoms with Gasteiger partial charge in [-0.1, -0.05) is 30.3 Å². The minimum atomic E-state index is -0.589. The monoisotopic (exact) mass is 322 g/mol. The summed E-state index contributed by atoms with van der Waals surface area (Å²) >= 11 is 0. The van der Waals surface area contributed by atoms with Gasteiger partial charge in [0.2, 0.25) is 0 Å². The summed E-state index contributed by atoms with van der Waals surface area (Å²) in [5.41, 5.74) is 0.248. The molecule has 1 N–H and O–H groups in total. The Labute approximate surface area is 137 Å². The van der Waals surface area contributed by atoms with Crippen molar-refractivity contribution in [3.05, 3.63) is 76.3 Å². The summed E-state index contributed by atoms with van der Waals surface area (Å²) in [6.07, 6.45) is 0. The number of anilines is 1. The smallest absolute Gasteiger partial charge is 0.282 e. The van der Waals surface area contributed by atoms with E-state index in [4.69, 9.17) is 4.74 Å². The molecule has 24 heavy (non-hydrogen) atoms. The van der Waals surface area contributed by atoms with E-state index in [2.05, 4.69) is 5.32 Å². The molecule has 0 aliphatic rings. The first kappa shape index (κ1) is 15.5. The van der Waals surface area contributed by atoms with Crippen molar-refractivity contribution in [2.45, 2.75) is 0 Å². The van der Waals surface area contributed by atoms with Crippen LogP contribution in [0.4, 0.5) is 11.4 Å². The number of fused-ring (bicyclic) bond motifs is 1. The fraction of sp³-hybridized carbons (Fsp3) is 0.0556. The molecule has 0 fully saturated rings. The van der Waals surface area contributed by atoms with Crippen LogP contribution in [0.2, 0.25) is 0 Å². The number of rotatable bonds is 4. The van der Waals surface area contributed by atoms with Crippen LogP contribution in [0.5, 0.6) is 5.75 Å². The van der Waals surface area contributed by atoms with Crippen LogP contribution in [0.1, 0.15) is 10.4 Å².